The number of hydrogen-bond donors (Lipinski definition) is 2. The van der Waals surface area contributed by atoms with Crippen LogP contribution in [0.2, 0.25) is 0 Å². The second-order valence-electron chi connectivity index (χ2n) is 4.93. The number of aromatic amines is 1. The molecule has 1 aliphatic rings. The molecule has 2 heterocycles. The van der Waals surface area contributed by atoms with Gasteiger partial charge in [0, 0.05) is 19.2 Å². The van der Waals surface area contributed by atoms with Crippen LogP contribution in [0.3, 0.4) is 0 Å². The Bertz CT molecular complexity index is 855. The standard InChI is InChI=1S/C13H12N4O6/c18-12-11(13(19)20)14-7-5-9(16-1-3-23-4-2-16)10(17(21)22)6-8(7)15-12/h5-6H,1-4H2,(H,15,18)(H,19,20). The molecule has 0 radical (unpaired) electrons. The number of nitro benzene ring substituents is 1. The average Bonchev–Trinajstić information content (AvgIpc) is 2.53. The Morgan fingerprint density at radius 1 is 1.39 bits per heavy atom. The van der Waals surface area contributed by atoms with Gasteiger partial charge in [-0.15, -0.1) is 0 Å². The van der Waals surface area contributed by atoms with Crippen molar-refractivity contribution in [3.8, 4) is 0 Å². The van der Waals surface area contributed by atoms with Crippen LogP contribution in [0.1, 0.15) is 10.5 Å². The van der Waals surface area contributed by atoms with Crippen molar-refractivity contribution < 1.29 is 19.6 Å². The predicted octanol–water partition coefficient (Wildman–Crippen LogP) is 0.366. The molecule has 0 aliphatic carbocycles. The van der Waals surface area contributed by atoms with E-state index in [0.29, 0.717) is 32.0 Å². The fraction of sp³-hybridized carbons (Fsp3) is 0.308. The molecule has 1 fully saturated rings. The minimum absolute atomic E-state index is 0.115. The van der Waals surface area contributed by atoms with Crippen LogP contribution in [0, 0.1) is 10.1 Å². The number of aromatic carboxylic acids is 1. The van der Waals surface area contributed by atoms with Crippen molar-refractivity contribution in [3.63, 3.8) is 0 Å². The molecular weight excluding hydrogens is 308 g/mol. The molecule has 1 aromatic heterocycles. The highest BCUT2D eigenvalue weighted by atomic mass is 16.6. The number of carboxylic acids is 1. The molecule has 1 aromatic carbocycles. The zero-order valence-corrected chi connectivity index (χ0v) is 11.8. The predicted molar refractivity (Wildman–Crippen MR) is 79.0 cm³/mol. The summed E-state index contributed by atoms with van der Waals surface area (Å²) < 4.78 is 5.22. The largest absolute Gasteiger partial charge is 0.476 e. The second-order valence-corrected chi connectivity index (χ2v) is 4.93. The summed E-state index contributed by atoms with van der Waals surface area (Å²) >= 11 is 0. The Labute approximate surface area is 128 Å². The van der Waals surface area contributed by atoms with Gasteiger partial charge >= 0.3 is 5.97 Å². The van der Waals surface area contributed by atoms with Crippen molar-refractivity contribution in [1.82, 2.24) is 9.97 Å². The number of morpholine rings is 1. The Morgan fingerprint density at radius 3 is 2.70 bits per heavy atom. The maximum Gasteiger partial charge on any atom is 0.360 e. The van der Waals surface area contributed by atoms with Crippen molar-refractivity contribution in [1.29, 1.82) is 0 Å². The van der Waals surface area contributed by atoms with Gasteiger partial charge in [-0.05, 0) is 6.07 Å². The minimum atomic E-state index is -1.46. The Balaban J connectivity index is 2.22. The zero-order chi connectivity index (χ0) is 16.6. The molecule has 0 amide bonds. The first-order valence-corrected chi connectivity index (χ1v) is 6.76. The quantitative estimate of drug-likeness (QED) is 0.610. The van der Waals surface area contributed by atoms with Gasteiger partial charge in [-0.3, -0.25) is 14.9 Å². The summed E-state index contributed by atoms with van der Waals surface area (Å²) in [5.41, 5.74) is -1.13. The highest BCUT2D eigenvalue weighted by molar-refractivity contribution is 5.90. The Kier molecular flexibility index (Phi) is 3.66. The molecule has 2 aromatic rings. The van der Waals surface area contributed by atoms with Gasteiger partial charge < -0.3 is 19.7 Å². The molecule has 2 N–H and O–H groups in total. The highest BCUT2D eigenvalue weighted by Crippen LogP contribution is 2.32. The zero-order valence-electron chi connectivity index (χ0n) is 11.8. The SMILES string of the molecule is O=C(O)c1nc2cc(N3CCOCC3)c([N+](=O)[O-])cc2[nH]c1=O. The summed E-state index contributed by atoms with van der Waals surface area (Å²) in [5, 5.41) is 20.3. The lowest BCUT2D eigenvalue weighted by molar-refractivity contribution is -0.384. The van der Waals surface area contributed by atoms with Crippen molar-refractivity contribution in [2.45, 2.75) is 0 Å². The minimum Gasteiger partial charge on any atom is -0.476 e. The first-order valence-electron chi connectivity index (χ1n) is 6.76. The second kappa shape index (κ2) is 5.65. The monoisotopic (exact) mass is 320 g/mol. The average molecular weight is 320 g/mol. The number of rotatable bonds is 3. The molecule has 10 heteroatoms. The number of hydrogen-bond acceptors (Lipinski definition) is 7. The smallest absolute Gasteiger partial charge is 0.360 e. The van der Waals surface area contributed by atoms with Gasteiger partial charge in [-0.25, -0.2) is 9.78 Å². The molecular formula is C13H12N4O6. The molecule has 10 nitrogen and oxygen atoms in total. The van der Waals surface area contributed by atoms with E-state index >= 15 is 0 Å². The lowest BCUT2D eigenvalue weighted by Crippen LogP contribution is -2.36. The summed E-state index contributed by atoms with van der Waals surface area (Å²) in [6.07, 6.45) is 0. The van der Waals surface area contributed by atoms with Crippen molar-refractivity contribution in [2.75, 3.05) is 31.2 Å². The fourth-order valence-corrected chi connectivity index (χ4v) is 2.46. The van der Waals surface area contributed by atoms with Gasteiger partial charge in [0.15, 0.2) is 0 Å². The van der Waals surface area contributed by atoms with E-state index in [0.717, 1.165) is 0 Å². The Morgan fingerprint density at radius 2 is 2.09 bits per heavy atom. The highest BCUT2D eigenvalue weighted by Gasteiger charge is 2.24. The molecule has 0 saturated carbocycles. The number of ether oxygens (including phenoxy) is 1. The van der Waals surface area contributed by atoms with E-state index < -0.39 is 22.1 Å². The van der Waals surface area contributed by atoms with E-state index in [2.05, 4.69) is 9.97 Å². The van der Waals surface area contributed by atoms with E-state index in [1.165, 1.54) is 12.1 Å². The molecule has 0 atom stereocenters. The summed E-state index contributed by atoms with van der Waals surface area (Å²) in [5.74, 6) is -1.46. The molecule has 120 valence electrons. The molecule has 0 bridgehead atoms. The van der Waals surface area contributed by atoms with Crippen molar-refractivity contribution in [2.24, 2.45) is 0 Å². The number of H-pyrrole nitrogens is 1. The molecule has 1 saturated heterocycles. The van der Waals surface area contributed by atoms with Crippen LogP contribution in [0.5, 0.6) is 0 Å². The van der Waals surface area contributed by atoms with Crippen LogP contribution in [-0.2, 0) is 4.74 Å². The third-order valence-corrected chi connectivity index (χ3v) is 3.54. The van der Waals surface area contributed by atoms with Gasteiger partial charge in [-0.1, -0.05) is 0 Å². The number of aromatic nitrogens is 2. The normalized spacial score (nSPS) is 14.9. The Hall–Kier alpha value is -3.01. The maximum atomic E-state index is 11.6. The van der Waals surface area contributed by atoms with Crippen molar-refractivity contribution >= 4 is 28.4 Å². The van der Waals surface area contributed by atoms with E-state index in [4.69, 9.17) is 9.84 Å². The van der Waals surface area contributed by atoms with Gasteiger partial charge in [0.1, 0.15) is 5.69 Å². The van der Waals surface area contributed by atoms with E-state index in [-0.39, 0.29) is 16.7 Å². The topological polar surface area (TPSA) is 139 Å². The fourth-order valence-electron chi connectivity index (χ4n) is 2.46. The molecule has 3 rings (SSSR count). The molecule has 0 spiro atoms. The third kappa shape index (κ3) is 2.71. The van der Waals surface area contributed by atoms with Crippen LogP contribution >= 0.6 is 0 Å². The molecule has 1 aliphatic heterocycles. The summed E-state index contributed by atoms with van der Waals surface area (Å²) in [6, 6.07) is 2.61. The number of nitro groups is 1. The van der Waals surface area contributed by atoms with Crippen LogP contribution in [-0.4, -0.2) is 52.3 Å². The number of nitrogens with zero attached hydrogens (tertiary/aromatic N) is 3. The van der Waals surface area contributed by atoms with Gasteiger partial charge in [-0.2, -0.15) is 0 Å². The molecule has 0 unspecified atom stereocenters. The van der Waals surface area contributed by atoms with E-state index in [1.807, 2.05) is 0 Å². The van der Waals surface area contributed by atoms with Crippen LogP contribution in [0.15, 0.2) is 16.9 Å². The number of carbonyl (C=O) groups is 1. The third-order valence-electron chi connectivity index (χ3n) is 3.54. The number of carboxylic acid groups (broad SMARTS) is 1. The lowest BCUT2D eigenvalue weighted by atomic mass is 10.2. The number of fused-ring (bicyclic) bond motifs is 1. The van der Waals surface area contributed by atoms with Crippen LogP contribution in [0.4, 0.5) is 11.4 Å². The van der Waals surface area contributed by atoms with E-state index in [1.54, 1.807) is 4.90 Å². The molecule has 23 heavy (non-hydrogen) atoms. The first kappa shape index (κ1) is 14.9. The number of nitrogens with one attached hydrogen (secondary N) is 1. The van der Waals surface area contributed by atoms with Crippen molar-refractivity contribution in [3.05, 3.63) is 38.3 Å². The van der Waals surface area contributed by atoms with Crippen LogP contribution < -0.4 is 10.5 Å². The van der Waals surface area contributed by atoms with Gasteiger partial charge in [0.25, 0.3) is 11.2 Å². The number of benzene rings is 1. The van der Waals surface area contributed by atoms with Gasteiger partial charge in [0.2, 0.25) is 5.69 Å². The lowest BCUT2D eigenvalue weighted by Gasteiger charge is -2.28. The van der Waals surface area contributed by atoms with E-state index in [9.17, 15) is 19.7 Å². The van der Waals surface area contributed by atoms with Crippen LogP contribution in [0.25, 0.3) is 11.0 Å². The maximum absolute atomic E-state index is 11.6. The number of anilines is 1. The van der Waals surface area contributed by atoms with Gasteiger partial charge in [0.05, 0.1) is 29.2 Å². The first-order chi connectivity index (χ1) is 11.0. The summed E-state index contributed by atoms with van der Waals surface area (Å²) in [4.78, 5) is 41.3. The summed E-state index contributed by atoms with van der Waals surface area (Å²) in [7, 11) is 0. The summed E-state index contributed by atoms with van der Waals surface area (Å²) in [6.45, 7) is 1.83.